The molecule has 1 N–H and O–H groups in total. The third-order valence-corrected chi connectivity index (χ3v) is 6.81. The summed E-state index contributed by atoms with van der Waals surface area (Å²) in [6, 6.07) is 10.6. The van der Waals surface area contributed by atoms with Crippen LogP contribution in [0.2, 0.25) is 0 Å². The molecular formula is C25H29N3O3. The first-order chi connectivity index (χ1) is 15.0. The number of amides is 1. The number of benzene rings is 2. The Balaban J connectivity index is 1.54. The maximum Gasteiger partial charge on any atom is 0.251 e. The standard InChI is InChI=1S/C25H29N3O3/c1-16-27-22-21(28(16)2)13-20(24(29)26-11-6-12-30-3)19-9-10-25(31-23(19)22)14-17-7-4-5-8-18(17)15-25/h4-5,7-8,13H,6,9-12,14-15H2,1-3H3,(H,26,29). The largest absolute Gasteiger partial charge is 0.484 e. The first kappa shape index (κ1) is 20.1. The smallest absolute Gasteiger partial charge is 0.251 e. The van der Waals surface area contributed by atoms with E-state index in [2.05, 4.69) is 29.6 Å². The molecule has 1 amide bonds. The zero-order valence-electron chi connectivity index (χ0n) is 18.5. The van der Waals surface area contributed by atoms with E-state index in [0.29, 0.717) is 18.7 Å². The van der Waals surface area contributed by atoms with Crippen LogP contribution in [0, 0.1) is 6.92 Å². The maximum absolute atomic E-state index is 13.1. The van der Waals surface area contributed by atoms with E-state index < -0.39 is 0 Å². The van der Waals surface area contributed by atoms with Crippen LogP contribution in [0.5, 0.6) is 5.75 Å². The molecule has 1 aliphatic heterocycles. The number of aryl methyl sites for hydroxylation is 2. The van der Waals surface area contributed by atoms with Crippen molar-refractivity contribution in [2.24, 2.45) is 7.05 Å². The second-order valence-corrected chi connectivity index (χ2v) is 8.83. The highest BCUT2D eigenvalue weighted by molar-refractivity contribution is 6.01. The van der Waals surface area contributed by atoms with Crippen LogP contribution in [0.3, 0.4) is 0 Å². The van der Waals surface area contributed by atoms with Crippen LogP contribution in [-0.4, -0.2) is 41.3 Å². The van der Waals surface area contributed by atoms with Gasteiger partial charge in [-0.05, 0) is 43.4 Å². The number of imidazole rings is 1. The first-order valence-corrected chi connectivity index (χ1v) is 11.0. The molecule has 3 aromatic rings. The van der Waals surface area contributed by atoms with E-state index >= 15 is 0 Å². The lowest BCUT2D eigenvalue weighted by molar-refractivity contribution is 0.0578. The van der Waals surface area contributed by atoms with Gasteiger partial charge in [0.25, 0.3) is 5.91 Å². The minimum absolute atomic E-state index is 0.0534. The topological polar surface area (TPSA) is 65.4 Å². The lowest BCUT2D eigenvalue weighted by atomic mass is 9.86. The van der Waals surface area contributed by atoms with E-state index in [9.17, 15) is 4.79 Å². The maximum atomic E-state index is 13.1. The van der Waals surface area contributed by atoms with Crippen LogP contribution < -0.4 is 10.1 Å². The molecule has 1 aliphatic carbocycles. The van der Waals surface area contributed by atoms with Crippen molar-refractivity contribution in [3.63, 3.8) is 0 Å². The molecule has 0 radical (unpaired) electrons. The monoisotopic (exact) mass is 419 g/mol. The Labute approximate surface area is 182 Å². The number of methoxy groups -OCH3 is 1. The molecule has 31 heavy (non-hydrogen) atoms. The van der Waals surface area contributed by atoms with Crippen LogP contribution in [0.25, 0.3) is 11.0 Å². The van der Waals surface area contributed by atoms with Crippen LogP contribution in [0.15, 0.2) is 30.3 Å². The fourth-order valence-electron chi connectivity index (χ4n) is 5.05. The van der Waals surface area contributed by atoms with Gasteiger partial charge in [0.2, 0.25) is 0 Å². The van der Waals surface area contributed by atoms with Gasteiger partial charge in [-0.25, -0.2) is 4.98 Å². The quantitative estimate of drug-likeness (QED) is 0.643. The van der Waals surface area contributed by atoms with Crippen LogP contribution >= 0.6 is 0 Å². The average Bonchev–Trinajstić information content (AvgIpc) is 3.27. The SMILES string of the molecule is COCCCNC(=O)c1cc2c(nc(C)n2C)c2c1CCC1(Cc3ccccc3C1)O2. The Morgan fingerprint density at radius 3 is 2.74 bits per heavy atom. The fourth-order valence-corrected chi connectivity index (χ4v) is 5.05. The molecule has 2 aliphatic rings. The van der Waals surface area contributed by atoms with Gasteiger partial charge in [-0.3, -0.25) is 4.79 Å². The van der Waals surface area contributed by atoms with Crippen molar-refractivity contribution in [1.82, 2.24) is 14.9 Å². The Bertz CT molecular complexity index is 1140. The molecule has 1 aromatic heterocycles. The fraction of sp³-hybridized carbons (Fsp3) is 0.440. The summed E-state index contributed by atoms with van der Waals surface area (Å²) >= 11 is 0. The number of fused-ring (bicyclic) bond motifs is 4. The summed E-state index contributed by atoms with van der Waals surface area (Å²) in [5, 5.41) is 3.05. The van der Waals surface area contributed by atoms with Gasteiger partial charge in [0, 0.05) is 51.3 Å². The van der Waals surface area contributed by atoms with Crippen molar-refractivity contribution in [2.45, 2.75) is 44.6 Å². The summed E-state index contributed by atoms with van der Waals surface area (Å²) in [4.78, 5) is 17.9. The summed E-state index contributed by atoms with van der Waals surface area (Å²) in [6.45, 7) is 3.20. The lowest BCUT2D eigenvalue weighted by Crippen LogP contribution is -2.41. The molecular weight excluding hydrogens is 390 g/mol. The zero-order chi connectivity index (χ0) is 21.6. The van der Waals surface area contributed by atoms with Gasteiger partial charge in [-0.15, -0.1) is 0 Å². The van der Waals surface area contributed by atoms with E-state index in [-0.39, 0.29) is 11.5 Å². The predicted octanol–water partition coefficient (Wildman–Crippen LogP) is 3.51. The number of carbonyl (C=O) groups excluding carboxylic acids is 1. The Kier molecular flexibility index (Phi) is 4.97. The highest BCUT2D eigenvalue weighted by atomic mass is 16.5. The van der Waals surface area contributed by atoms with Crippen LogP contribution in [0.1, 0.15) is 45.7 Å². The van der Waals surface area contributed by atoms with Crippen molar-refractivity contribution < 1.29 is 14.3 Å². The van der Waals surface area contributed by atoms with E-state index in [4.69, 9.17) is 14.5 Å². The Morgan fingerprint density at radius 1 is 1.29 bits per heavy atom. The molecule has 6 nitrogen and oxygen atoms in total. The van der Waals surface area contributed by atoms with E-state index in [0.717, 1.165) is 60.3 Å². The highest BCUT2D eigenvalue weighted by Gasteiger charge is 2.43. The number of rotatable bonds is 5. The average molecular weight is 420 g/mol. The third-order valence-electron chi connectivity index (χ3n) is 6.81. The second-order valence-electron chi connectivity index (χ2n) is 8.83. The molecule has 5 rings (SSSR count). The molecule has 2 heterocycles. The number of aromatic nitrogens is 2. The molecule has 0 fully saturated rings. The van der Waals surface area contributed by atoms with E-state index in [1.54, 1.807) is 7.11 Å². The second kappa shape index (κ2) is 7.68. The van der Waals surface area contributed by atoms with Gasteiger partial charge in [-0.2, -0.15) is 0 Å². The summed E-state index contributed by atoms with van der Waals surface area (Å²) < 4.78 is 13.9. The minimum atomic E-state index is -0.247. The molecule has 0 atom stereocenters. The molecule has 162 valence electrons. The lowest BCUT2D eigenvalue weighted by Gasteiger charge is -2.36. The van der Waals surface area contributed by atoms with Crippen molar-refractivity contribution >= 4 is 16.9 Å². The predicted molar refractivity (Wildman–Crippen MR) is 120 cm³/mol. The third kappa shape index (κ3) is 3.39. The van der Waals surface area contributed by atoms with Crippen molar-refractivity contribution in [3.05, 3.63) is 58.4 Å². The molecule has 2 aromatic carbocycles. The summed E-state index contributed by atoms with van der Waals surface area (Å²) in [5.41, 5.74) is 5.97. The molecule has 6 heteroatoms. The van der Waals surface area contributed by atoms with E-state index in [1.165, 1.54) is 11.1 Å². The minimum Gasteiger partial charge on any atom is -0.484 e. The number of nitrogens with one attached hydrogen (secondary N) is 1. The van der Waals surface area contributed by atoms with Crippen molar-refractivity contribution in [3.8, 4) is 5.75 Å². The molecule has 0 saturated carbocycles. The van der Waals surface area contributed by atoms with Gasteiger partial charge in [0.1, 0.15) is 16.9 Å². The summed E-state index contributed by atoms with van der Waals surface area (Å²) in [7, 11) is 3.66. The van der Waals surface area contributed by atoms with Gasteiger partial charge < -0.3 is 19.4 Å². The summed E-state index contributed by atoms with van der Waals surface area (Å²) in [5.74, 6) is 1.65. The number of ether oxygens (including phenoxy) is 2. The number of nitrogens with zero attached hydrogens (tertiary/aromatic N) is 2. The first-order valence-electron chi connectivity index (χ1n) is 11.0. The number of hydrogen-bond donors (Lipinski definition) is 1. The van der Waals surface area contributed by atoms with Gasteiger partial charge in [0.15, 0.2) is 5.75 Å². The van der Waals surface area contributed by atoms with Gasteiger partial charge in [0.05, 0.1) is 5.52 Å². The normalized spacial score (nSPS) is 16.2. The Morgan fingerprint density at radius 2 is 2.03 bits per heavy atom. The molecule has 1 spiro atoms. The highest BCUT2D eigenvalue weighted by Crippen LogP contribution is 2.45. The van der Waals surface area contributed by atoms with Crippen molar-refractivity contribution in [1.29, 1.82) is 0 Å². The number of carbonyl (C=O) groups is 1. The van der Waals surface area contributed by atoms with Crippen molar-refractivity contribution in [2.75, 3.05) is 20.3 Å². The number of hydrogen-bond acceptors (Lipinski definition) is 4. The molecule has 0 bridgehead atoms. The van der Waals surface area contributed by atoms with Crippen LogP contribution in [-0.2, 0) is 31.0 Å². The van der Waals surface area contributed by atoms with Gasteiger partial charge >= 0.3 is 0 Å². The van der Waals surface area contributed by atoms with E-state index in [1.807, 2.05) is 24.6 Å². The summed E-state index contributed by atoms with van der Waals surface area (Å²) in [6.07, 6.45) is 4.31. The Hall–Kier alpha value is -2.86. The van der Waals surface area contributed by atoms with Crippen LogP contribution in [0.4, 0.5) is 0 Å². The molecule has 0 unspecified atom stereocenters. The van der Waals surface area contributed by atoms with Gasteiger partial charge in [-0.1, -0.05) is 24.3 Å². The zero-order valence-corrected chi connectivity index (χ0v) is 18.5. The molecule has 0 saturated heterocycles.